The first-order valence-electron chi connectivity index (χ1n) is 5.59. The summed E-state index contributed by atoms with van der Waals surface area (Å²) in [5.41, 5.74) is -0.0395. The van der Waals surface area contributed by atoms with Gasteiger partial charge in [0.1, 0.15) is 5.02 Å². The Morgan fingerprint density at radius 1 is 1.10 bits per heavy atom. The van der Waals surface area contributed by atoms with E-state index in [4.69, 9.17) is 34.8 Å². The second kappa shape index (κ2) is 6.30. The number of amides is 1. The third kappa shape index (κ3) is 3.44. The number of carbonyl (C=O) groups excluding carboxylic acids is 1. The maximum atomic E-state index is 12.1. The van der Waals surface area contributed by atoms with E-state index in [0.717, 1.165) is 6.07 Å². The predicted molar refractivity (Wildman–Crippen MR) is 82.5 cm³/mol. The van der Waals surface area contributed by atoms with Crippen LogP contribution in [-0.4, -0.2) is 10.8 Å². The van der Waals surface area contributed by atoms with Crippen LogP contribution in [0.15, 0.2) is 36.4 Å². The van der Waals surface area contributed by atoms with Gasteiger partial charge in [-0.3, -0.25) is 14.9 Å². The van der Waals surface area contributed by atoms with Gasteiger partial charge in [-0.1, -0.05) is 46.9 Å². The molecule has 0 bridgehead atoms. The van der Waals surface area contributed by atoms with Gasteiger partial charge in [0.2, 0.25) is 0 Å². The van der Waals surface area contributed by atoms with Gasteiger partial charge in [-0.15, -0.1) is 0 Å². The summed E-state index contributed by atoms with van der Waals surface area (Å²) in [5, 5.41) is 13.5. The normalized spacial score (nSPS) is 10.2. The smallest absolute Gasteiger partial charge is 0.290 e. The highest BCUT2D eigenvalue weighted by Crippen LogP contribution is 2.33. The number of hydrogen-bond donors (Lipinski definition) is 1. The molecule has 0 spiro atoms. The number of carbonyl (C=O) groups is 1. The molecule has 5 nitrogen and oxygen atoms in total. The number of nitrogens with zero attached hydrogens (tertiary/aromatic N) is 1. The molecule has 108 valence electrons. The highest BCUT2D eigenvalue weighted by Gasteiger charge is 2.20. The molecule has 0 fully saturated rings. The average Bonchev–Trinajstić information content (AvgIpc) is 2.43. The maximum absolute atomic E-state index is 12.1. The molecule has 2 aromatic carbocycles. The molecule has 2 rings (SSSR count). The van der Waals surface area contributed by atoms with Gasteiger partial charge in [-0.2, -0.15) is 0 Å². The molecule has 0 saturated carbocycles. The van der Waals surface area contributed by atoms with Crippen molar-refractivity contribution < 1.29 is 9.72 Å². The van der Waals surface area contributed by atoms with Crippen molar-refractivity contribution in [2.45, 2.75) is 0 Å². The lowest BCUT2D eigenvalue weighted by Gasteiger charge is -2.08. The lowest BCUT2D eigenvalue weighted by Crippen LogP contribution is -2.12. The molecule has 0 unspecified atom stereocenters. The number of nitrogens with one attached hydrogen (secondary N) is 1. The van der Waals surface area contributed by atoms with Crippen LogP contribution in [0.2, 0.25) is 15.1 Å². The number of benzene rings is 2. The largest absolute Gasteiger partial charge is 0.321 e. The summed E-state index contributed by atoms with van der Waals surface area (Å²) in [6.45, 7) is 0. The number of hydrogen-bond acceptors (Lipinski definition) is 3. The molecule has 1 amide bonds. The van der Waals surface area contributed by atoms with Crippen LogP contribution in [0, 0.1) is 10.1 Å². The highest BCUT2D eigenvalue weighted by molar-refractivity contribution is 6.43. The van der Waals surface area contributed by atoms with E-state index in [-0.39, 0.29) is 15.6 Å². The number of halogens is 3. The molecular weight excluding hydrogens is 339 g/mol. The molecule has 0 atom stereocenters. The summed E-state index contributed by atoms with van der Waals surface area (Å²) in [6, 6.07) is 8.92. The van der Waals surface area contributed by atoms with Crippen LogP contribution in [0.3, 0.4) is 0 Å². The van der Waals surface area contributed by atoms with Crippen molar-refractivity contribution in [1.82, 2.24) is 0 Å². The second-order valence-corrected chi connectivity index (χ2v) is 5.17. The minimum Gasteiger partial charge on any atom is -0.321 e. The van der Waals surface area contributed by atoms with Gasteiger partial charge in [0, 0.05) is 11.6 Å². The van der Waals surface area contributed by atoms with E-state index in [2.05, 4.69) is 5.32 Å². The minimum atomic E-state index is -0.708. The molecule has 0 aliphatic heterocycles. The van der Waals surface area contributed by atoms with E-state index in [1.807, 2.05) is 0 Å². The van der Waals surface area contributed by atoms with Crippen molar-refractivity contribution in [3.63, 3.8) is 0 Å². The zero-order chi connectivity index (χ0) is 15.6. The molecule has 0 saturated heterocycles. The van der Waals surface area contributed by atoms with E-state index >= 15 is 0 Å². The molecule has 0 heterocycles. The Kier molecular flexibility index (Phi) is 4.67. The van der Waals surface area contributed by atoms with Crippen LogP contribution >= 0.6 is 34.8 Å². The maximum Gasteiger partial charge on any atom is 0.290 e. The van der Waals surface area contributed by atoms with E-state index in [1.54, 1.807) is 24.3 Å². The van der Waals surface area contributed by atoms with Crippen LogP contribution in [0.4, 0.5) is 11.4 Å². The zero-order valence-corrected chi connectivity index (χ0v) is 12.5. The van der Waals surface area contributed by atoms with E-state index in [1.165, 1.54) is 6.07 Å². The predicted octanol–water partition coefficient (Wildman–Crippen LogP) is 4.81. The molecular formula is C13H7Cl3N2O3. The summed E-state index contributed by atoms with van der Waals surface area (Å²) in [4.78, 5) is 22.3. The fourth-order valence-electron chi connectivity index (χ4n) is 1.60. The van der Waals surface area contributed by atoms with Crippen LogP contribution < -0.4 is 5.32 Å². The third-order valence-electron chi connectivity index (χ3n) is 2.59. The Morgan fingerprint density at radius 2 is 1.76 bits per heavy atom. The molecule has 0 aliphatic carbocycles. The van der Waals surface area contributed by atoms with Gasteiger partial charge in [-0.25, -0.2) is 0 Å². The molecule has 21 heavy (non-hydrogen) atoms. The Morgan fingerprint density at radius 3 is 2.38 bits per heavy atom. The summed E-state index contributed by atoms with van der Waals surface area (Å²) in [6.07, 6.45) is 0. The van der Waals surface area contributed by atoms with E-state index in [9.17, 15) is 14.9 Å². The van der Waals surface area contributed by atoms with Crippen molar-refractivity contribution in [3.05, 3.63) is 67.1 Å². The standard InChI is InChI=1S/C13H7Cl3N2O3/c14-8-3-1-2-4-10(8)17-13(19)7-5-9(15)12(16)11(6-7)18(20)21/h1-6H,(H,17,19). The first-order chi connectivity index (χ1) is 9.90. The van der Waals surface area contributed by atoms with E-state index in [0.29, 0.717) is 10.7 Å². The van der Waals surface area contributed by atoms with Gasteiger partial charge in [-0.05, 0) is 18.2 Å². The van der Waals surface area contributed by atoms with Crippen molar-refractivity contribution in [3.8, 4) is 0 Å². The summed E-state index contributed by atoms with van der Waals surface area (Å²) < 4.78 is 0. The van der Waals surface area contributed by atoms with Crippen molar-refractivity contribution in [2.24, 2.45) is 0 Å². The lowest BCUT2D eigenvalue weighted by molar-refractivity contribution is -0.384. The number of nitro groups is 1. The number of anilines is 1. The van der Waals surface area contributed by atoms with Gasteiger partial charge in [0.15, 0.2) is 0 Å². The average molecular weight is 346 g/mol. The molecule has 2 aromatic rings. The van der Waals surface area contributed by atoms with E-state index < -0.39 is 16.5 Å². The highest BCUT2D eigenvalue weighted by atomic mass is 35.5. The first-order valence-corrected chi connectivity index (χ1v) is 6.73. The van der Waals surface area contributed by atoms with Crippen molar-refractivity contribution in [1.29, 1.82) is 0 Å². The third-order valence-corrected chi connectivity index (χ3v) is 3.71. The number of rotatable bonds is 3. The molecule has 0 aliphatic rings. The number of nitro benzene ring substituents is 1. The van der Waals surface area contributed by atoms with Crippen LogP contribution in [0.25, 0.3) is 0 Å². The second-order valence-electron chi connectivity index (χ2n) is 3.98. The van der Waals surface area contributed by atoms with Crippen LogP contribution in [0.5, 0.6) is 0 Å². The van der Waals surface area contributed by atoms with Crippen molar-refractivity contribution >= 4 is 52.1 Å². The van der Waals surface area contributed by atoms with Gasteiger partial charge >= 0.3 is 0 Å². The summed E-state index contributed by atoms with van der Waals surface area (Å²) in [5.74, 6) is -0.579. The molecule has 0 radical (unpaired) electrons. The minimum absolute atomic E-state index is 0.0102. The fraction of sp³-hybridized carbons (Fsp3) is 0. The molecule has 8 heteroatoms. The Labute approximate surface area is 134 Å². The van der Waals surface area contributed by atoms with Gasteiger partial charge in [0.05, 0.1) is 20.7 Å². The Hall–Kier alpha value is -1.82. The zero-order valence-electron chi connectivity index (χ0n) is 10.3. The molecule has 0 aromatic heterocycles. The summed E-state index contributed by atoms with van der Waals surface area (Å²) >= 11 is 17.4. The summed E-state index contributed by atoms with van der Waals surface area (Å²) in [7, 11) is 0. The van der Waals surface area contributed by atoms with Gasteiger partial charge < -0.3 is 5.32 Å². The number of para-hydroxylation sites is 1. The van der Waals surface area contributed by atoms with Crippen LogP contribution in [0.1, 0.15) is 10.4 Å². The Bertz CT molecular complexity index is 735. The van der Waals surface area contributed by atoms with Gasteiger partial charge in [0.25, 0.3) is 11.6 Å². The SMILES string of the molecule is O=C(Nc1ccccc1Cl)c1cc(Cl)c(Cl)c([N+](=O)[O-])c1. The first kappa shape index (κ1) is 15.6. The molecule has 1 N–H and O–H groups in total. The monoisotopic (exact) mass is 344 g/mol. The topological polar surface area (TPSA) is 72.2 Å². The fourth-order valence-corrected chi connectivity index (χ4v) is 2.17. The lowest BCUT2D eigenvalue weighted by atomic mass is 10.2. The van der Waals surface area contributed by atoms with Crippen LogP contribution in [-0.2, 0) is 0 Å². The van der Waals surface area contributed by atoms with Crippen molar-refractivity contribution in [2.75, 3.05) is 5.32 Å². The Balaban J connectivity index is 2.36. The quantitative estimate of drug-likeness (QED) is 0.641.